The lowest BCUT2D eigenvalue weighted by atomic mass is 10.1. The summed E-state index contributed by atoms with van der Waals surface area (Å²) >= 11 is 0. The van der Waals surface area contributed by atoms with Gasteiger partial charge in [0.15, 0.2) is 17.1 Å². The lowest BCUT2D eigenvalue weighted by Crippen LogP contribution is -2.07. The fourth-order valence-corrected chi connectivity index (χ4v) is 3.50. The van der Waals surface area contributed by atoms with Crippen LogP contribution in [0.15, 0.2) is 42.6 Å². The minimum Gasteiger partial charge on any atom is -0.493 e. The molecule has 0 bridgehead atoms. The molecule has 0 unspecified atom stereocenters. The van der Waals surface area contributed by atoms with Crippen molar-refractivity contribution in [3.8, 4) is 22.6 Å². The molecule has 1 N–H and O–H groups in total. The minimum atomic E-state index is 0.649. The Morgan fingerprint density at radius 1 is 0.933 bits per heavy atom. The quantitative estimate of drug-likeness (QED) is 0.516. The number of hydrogen-bond acceptors (Lipinski definition) is 6. The van der Waals surface area contributed by atoms with E-state index in [1.54, 1.807) is 14.2 Å². The maximum absolute atomic E-state index is 5.48. The summed E-state index contributed by atoms with van der Waals surface area (Å²) in [6, 6.07) is 11.9. The molecular weight excluding hydrogens is 378 g/mol. The van der Waals surface area contributed by atoms with E-state index in [1.807, 2.05) is 61.8 Å². The van der Waals surface area contributed by atoms with E-state index in [0.717, 1.165) is 45.2 Å². The summed E-state index contributed by atoms with van der Waals surface area (Å²) in [6.45, 7) is 6.61. The van der Waals surface area contributed by atoms with Gasteiger partial charge in [0.25, 0.3) is 0 Å². The van der Waals surface area contributed by atoms with Gasteiger partial charge in [0.2, 0.25) is 0 Å². The Bertz CT molecular complexity index is 1200. The molecule has 0 radical (unpaired) electrons. The molecule has 0 aliphatic rings. The van der Waals surface area contributed by atoms with Crippen LogP contribution in [0, 0.1) is 20.8 Å². The normalized spacial score (nSPS) is 11.0. The number of fused-ring (bicyclic) bond motifs is 1. The first kappa shape index (κ1) is 19.7. The van der Waals surface area contributed by atoms with Crippen LogP contribution < -0.4 is 14.8 Å². The van der Waals surface area contributed by atoms with Crippen molar-refractivity contribution in [3.63, 3.8) is 0 Å². The Morgan fingerprint density at radius 2 is 1.73 bits per heavy atom. The molecule has 3 aromatic heterocycles. The highest BCUT2D eigenvalue weighted by molar-refractivity contribution is 5.82. The molecule has 0 aliphatic heterocycles. The Morgan fingerprint density at radius 3 is 2.43 bits per heavy atom. The first-order valence-corrected chi connectivity index (χ1v) is 9.75. The molecule has 0 atom stereocenters. The molecule has 0 spiro atoms. The second-order valence-electron chi connectivity index (χ2n) is 7.21. The molecule has 0 amide bonds. The van der Waals surface area contributed by atoms with Crippen LogP contribution in [0.5, 0.6) is 11.5 Å². The van der Waals surface area contributed by atoms with E-state index >= 15 is 0 Å². The molecular formula is C23H25N5O2. The maximum atomic E-state index is 5.48. The van der Waals surface area contributed by atoms with Gasteiger partial charge in [-0.15, -0.1) is 0 Å². The minimum absolute atomic E-state index is 0.649. The topological polar surface area (TPSA) is 73.6 Å². The first-order valence-electron chi connectivity index (χ1n) is 9.75. The molecule has 3 heterocycles. The molecule has 1 aromatic carbocycles. The average molecular weight is 403 g/mol. The van der Waals surface area contributed by atoms with Crippen molar-refractivity contribution in [1.29, 1.82) is 0 Å². The zero-order chi connectivity index (χ0) is 21.3. The van der Waals surface area contributed by atoms with E-state index in [0.29, 0.717) is 18.0 Å². The largest absolute Gasteiger partial charge is 0.493 e. The molecule has 0 aliphatic carbocycles. The predicted octanol–water partition coefficient (Wildman–Crippen LogP) is 4.35. The van der Waals surface area contributed by atoms with Crippen molar-refractivity contribution < 1.29 is 9.47 Å². The predicted molar refractivity (Wildman–Crippen MR) is 117 cm³/mol. The SMILES string of the molecule is COc1ccc(-c2c(C)nn3c(NCc4ccc(C)nc4)cc(C)nc23)cc1OC. The number of hydrogen-bond donors (Lipinski definition) is 1. The number of methoxy groups -OCH3 is 2. The van der Waals surface area contributed by atoms with Gasteiger partial charge in [0.05, 0.1) is 19.9 Å². The third-order valence-corrected chi connectivity index (χ3v) is 5.01. The highest BCUT2D eigenvalue weighted by atomic mass is 16.5. The molecule has 4 aromatic rings. The van der Waals surface area contributed by atoms with Gasteiger partial charge in [-0.1, -0.05) is 12.1 Å². The van der Waals surface area contributed by atoms with E-state index < -0.39 is 0 Å². The van der Waals surface area contributed by atoms with Crippen LogP contribution in [0.25, 0.3) is 16.8 Å². The number of aromatic nitrogens is 4. The van der Waals surface area contributed by atoms with Crippen LogP contribution >= 0.6 is 0 Å². The number of nitrogens with zero attached hydrogens (tertiary/aromatic N) is 4. The second-order valence-corrected chi connectivity index (χ2v) is 7.21. The van der Waals surface area contributed by atoms with Crippen molar-refractivity contribution in [2.75, 3.05) is 19.5 Å². The fraction of sp³-hybridized carbons (Fsp3) is 0.261. The Hall–Kier alpha value is -3.61. The summed E-state index contributed by atoms with van der Waals surface area (Å²) < 4.78 is 12.7. The average Bonchev–Trinajstić information content (AvgIpc) is 3.08. The first-order chi connectivity index (χ1) is 14.5. The number of ether oxygens (including phenoxy) is 2. The van der Waals surface area contributed by atoms with Crippen LogP contribution in [-0.4, -0.2) is 33.8 Å². The van der Waals surface area contributed by atoms with Gasteiger partial charge in [-0.3, -0.25) is 4.98 Å². The molecule has 0 fully saturated rings. The number of rotatable bonds is 6. The standard InChI is InChI=1S/C23H25N5O2/c1-14-6-7-17(12-24-14)13-25-21-10-15(2)26-23-22(16(3)27-28(21)23)18-8-9-19(29-4)20(11-18)30-5/h6-12,25H,13H2,1-5H3. The highest BCUT2D eigenvalue weighted by Crippen LogP contribution is 2.35. The molecule has 7 heteroatoms. The Balaban J connectivity index is 1.76. The van der Waals surface area contributed by atoms with Gasteiger partial charge in [-0.2, -0.15) is 9.61 Å². The van der Waals surface area contributed by atoms with E-state index in [4.69, 9.17) is 19.6 Å². The van der Waals surface area contributed by atoms with Crippen molar-refractivity contribution in [3.05, 3.63) is 65.2 Å². The molecule has 7 nitrogen and oxygen atoms in total. The molecule has 4 rings (SSSR count). The van der Waals surface area contributed by atoms with Crippen LogP contribution in [-0.2, 0) is 6.54 Å². The summed E-state index contributed by atoms with van der Waals surface area (Å²) in [5.74, 6) is 2.24. The third kappa shape index (κ3) is 3.66. The van der Waals surface area contributed by atoms with E-state index in [1.165, 1.54) is 0 Å². The van der Waals surface area contributed by atoms with Gasteiger partial charge in [-0.25, -0.2) is 4.98 Å². The maximum Gasteiger partial charge on any atom is 0.165 e. The highest BCUT2D eigenvalue weighted by Gasteiger charge is 2.17. The van der Waals surface area contributed by atoms with Crippen molar-refractivity contribution in [1.82, 2.24) is 19.6 Å². The van der Waals surface area contributed by atoms with Crippen LogP contribution in [0.2, 0.25) is 0 Å². The third-order valence-electron chi connectivity index (χ3n) is 5.01. The van der Waals surface area contributed by atoms with Gasteiger partial charge < -0.3 is 14.8 Å². The summed E-state index contributed by atoms with van der Waals surface area (Å²) in [4.78, 5) is 9.14. The number of nitrogens with one attached hydrogen (secondary N) is 1. The van der Waals surface area contributed by atoms with Gasteiger partial charge >= 0.3 is 0 Å². The number of pyridine rings is 1. The van der Waals surface area contributed by atoms with Crippen molar-refractivity contribution >= 4 is 11.5 Å². The molecule has 154 valence electrons. The van der Waals surface area contributed by atoms with E-state index in [9.17, 15) is 0 Å². The lowest BCUT2D eigenvalue weighted by molar-refractivity contribution is 0.355. The van der Waals surface area contributed by atoms with E-state index in [2.05, 4.69) is 16.4 Å². The van der Waals surface area contributed by atoms with Crippen LogP contribution in [0.3, 0.4) is 0 Å². The van der Waals surface area contributed by atoms with Crippen molar-refractivity contribution in [2.45, 2.75) is 27.3 Å². The number of benzene rings is 1. The van der Waals surface area contributed by atoms with Gasteiger partial charge in [0, 0.05) is 35.8 Å². The summed E-state index contributed by atoms with van der Waals surface area (Å²) in [6.07, 6.45) is 1.89. The Labute approximate surface area is 175 Å². The van der Waals surface area contributed by atoms with Gasteiger partial charge in [-0.05, 0) is 50.1 Å². The molecule has 0 saturated carbocycles. The monoisotopic (exact) mass is 403 g/mol. The molecule has 30 heavy (non-hydrogen) atoms. The second kappa shape index (κ2) is 8.02. The smallest absolute Gasteiger partial charge is 0.165 e. The summed E-state index contributed by atoms with van der Waals surface area (Å²) in [7, 11) is 3.26. The van der Waals surface area contributed by atoms with Crippen molar-refractivity contribution in [2.24, 2.45) is 0 Å². The number of anilines is 1. The van der Waals surface area contributed by atoms with Crippen LogP contribution in [0.4, 0.5) is 5.82 Å². The van der Waals surface area contributed by atoms with Crippen LogP contribution in [0.1, 0.15) is 22.6 Å². The van der Waals surface area contributed by atoms with Gasteiger partial charge in [0.1, 0.15) is 5.82 Å². The summed E-state index contributed by atoms with van der Waals surface area (Å²) in [5.41, 5.74) is 6.65. The summed E-state index contributed by atoms with van der Waals surface area (Å²) in [5, 5.41) is 8.23. The lowest BCUT2D eigenvalue weighted by Gasteiger charge is -2.11. The Kier molecular flexibility index (Phi) is 5.27. The molecule has 0 saturated heterocycles. The fourth-order valence-electron chi connectivity index (χ4n) is 3.50. The zero-order valence-electron chi connectivity index (χ0n) is 17.9. The van der Waals surface area contributed by atoms with E-state index in [-0.39, 0.29) is 0 Å². The number of aryl methyl sites for hydroxylation is 3. The zero-order valence-corrected chi connectivity index (χ0v) is 17.9.